The zero-order chi connectivity index (χ0) is 11.8. The molecule has 0 aliphatic heterocycles. The number of aromatic nitrogens is 2. The van der Waals surface area contributed by atoms with Crippen LogP contribution >= 0.6 is 0 Å². The highest BCUT2D eigenvalue weighted by molar-refractivity contribution is 5.88. The summed E-state index contributed by atoms with van der Waals surface area (Å²) in [7, 11) is 0. The van der Waals surface area contributed by atoms with Gasteiger partial charge in [-0.25, -0.2) is 9.78 Å². The number of carboxylic acids is 1. The predicted molar refractivity (Wildman–Crippen MR) is 62.9 cm³/mol. The molecule has 1 aromatic heterocycles. The van der Waals surface area contributed by atoms with Crippen LogP contribution < -0.4 is 0 Å². The molecule has 0 bridgehead atoms. The number of carbonyl (C=O) groups is 1. The maximum atomic E-state index is 10.8. The van der Waals surface area contributed by atoms with Gasteiger partial charge in [-0.2, -0.15) is 0 Å². The van der Waals surface area contributed by atoms with E-state index in [-0.39, 0.29) is 0 Å². The van der Waals surface area contributed by atoms with Crippen LogP contribution in [0.2, 0.25) is 0 Å². The van der Waals surface area contributed by atoms with E-state index in [1.807, 2.05) is 24.7 Å². The van der Waals surface area contributed by atoms with Crippen molar-refractivity contribution >= 4 is 5.97 Å². The maximum Gasteiger partial charge on any atom is 0.335 e. The number of nitrogens with zero attached hydrogens (tertiary/aromatic N) is 2. The molecule has 0 radical (unpaired) electrons. The van der Waals surface area contributed by atoms with E-state index in [0.717, 1.165) is 11.3 Å². The third-order valence-corrected chi connectivity index (χ3v) is 3.03. The van der Waals surface area contributed by atoms with Crippen LogP contribution in [0, 0.1) is 0 Å². The van der Waals surface area contributed by atoms with E-state index in [4.69, 9.17) is 5.11 Å². The van der Waals surface area contributed by atoms with Crippen LogP contribution in [-0.4, -0.2) is 20.6 Å². The summed E-state index contributed by atoms with van der Waals surface area (Å²) in [6.45, 7) is 0. The number of benzene rings is 1. The monoisotopic (exact) mass is 228 g/mol. The molecule has 3 rings (SSSR count). The summed E-state index contributed by atoms with van der Waals surface area (Å²) in [5.41, 5.74) is 2.38. The zero-order valence-corrected chi connectivity index (χ0v) is 9.21. The maximum absolute atomic E-state index is 10.8. The van der Waals surface area contributed by atoms with E-state index in [1.54, 1.807) is 12.1 Å². The minimum absolute atomic E-state index is 0.311. The van der Waals surface area contributed by atoms with Gasteiger partial charge in [-0.1, -0.05) is 12.1 Å². The highest BCUT2D eigenvalue weighted by Crippen LogP contribution is 2.38. The van der Waals surface area contributed by atoms with Gasteiger partial charge in [0.2, 0.25) is 0 Å². The highest BCUT2D eigenvalue weighted by atomic mass is 16.4. The fourth-order valence-electron chi connectivity index (χ4n) is 1.96. The van der Waals surface area contributed by atoms with Gasteiger partial charge in [-0.15, -0.1) is 0 Å². The summed E-state index contributed by atoms with van der Waals surface area (Å²) in [6.07, 6.45) is 6.08. The molecule has 1 heterocycles. The van der Waals surface area contributed by atoms with Crippen LogP contribution in [0.3, 0.4) is 0 Å². The Morgan fingerprint density at radius 1 is 1.29 bits per heavy atom. The lowest BCUT2D eigenvalue weighted by Gasteiger charge is -2.06. The molecule has 0 spiro atoms. The van der Waals surface area contributed by atoms with E-state index in [9.17, 15) is 4.79 Å². The number of rotatable bonds is 3. The van der Waals surface area contributed by atoms with Crippen LogP contribution in [0.1, 0.15) is 29.2 Å². The first-order chi connectivity index (χ1) is 8.25. The van der Waals surface area contributed by atoms with Crippen molar-refractivity contribution in [3.63, 3.8) is 0 Å². The standard InChI is InChI=1S/C13H12N2O2/c16-13(17)10-3-1-9(2-4-10)12-7-14-8-15(12)11-5-6-11/h1-4,7-8,11H,5-6H2,(H,16,17). The molecule has 17 heavy (non-hydrogen) atoms. The molecule has 0 unspecified atom stereocenters. The van der Waals surface area contributed by atoms with E-state index >= 15 is 0 Å². The lowest BCUT2D eigenvalue weighted by atomic mass is 10.1. The van der Waals surface area contributed by atoms with Gasteiger partial charge in [0.15, 0.2) is 0 Å². The summed E-state index contributed by atoms with van der Waals surface area (Å²) in [5.74, 6) is -0.896. The Hall–Kier alpha value is -2.10. The molecule has 1 aromatic carbocycles. The fourth-order valence-corrected chi connectivity index (χ4v) is 1.96. The van der Waals surface area contributed by atoms with E-state index in [0.29, 0.717) is 11.6 Å². The number of hydrogen-bond donors (Lipinski definition) is 1. The second kappa shape index (κ2) is 3.73. The molecule has 4 heteroatoms. The SMILES string of the molecule is O=C(O)c1ccc(-c2cncn2C2CC2)cc1. The average Bonchev–Trinajstić information content (AvgIpc) is 3.07. The highest BCUT2D eigenvalue weighted by Gasteiger charge is 2.25. The van der Waals surface area contributed by atoms with Gasteiger partial charge in [0, 0.05) is 6.04 Å². The van der Waals surface area contributed by atoms with E-state index in [2.05, 4.69) is 9.55 Å². The van der Waals surface area contributed by atoms with Gasteiger partial charge < -0.3 is 9.67 Å². The Balaban J connectivity index is 1.97. The molecule has 1 aliphatic rings. The summed E-state index contributed by atoms with van der Waals surface area (Å²) in [4.78, 5) is 14.9. The summed E-state index contributed by atoms with van der Waals surface area (Å²) in [6, 6.07) is 7.49. The Morgan fingerprint density at radius 3 is 2.59 bits per heavy atom. The summed E-state index contributed by atoms with van der Waals surface area (Å²) < 4.78 is 2.16. The minimum atomic E-state index is -0.896. The molecule has 4 nitrogen and oxygen atoms in total. The molecule has 0 amide bonds. The van der Waals surface area contributed by atoms with Crippen molar-refractivity contribution in [3.8, 4) is 11.3 Å². The van der Waals surface area contributed by atoms with Crippen molar-refractivity contribution in [1.29, 1.82) is 0 Å². The number of carboxylic acid groups (broad SMARTS) is 1. The number of imidazole rings is 1. The molecule has 0 atom stereocenters. The molecule has 1 N–H and O–H groups in total. The molecule has 2 aromatic rings. The third-order valence-electron chi connectivity index (χ3n) is 3.03. The Bertz CT molecular complexity index is 553. The van der Waals surface area contributed by atoms with Crippen LogP contribution in [0.15, 0.2) is 36.8 Å². The topological polar surface area (TPSA) is 55.1 Å². The van der Waals surface area contributed by atoms with Crippen LogP contribution in [-0.2, 0) is 0 Å². The Labute approximate surface area is 98.5 Å². The second-order valence-corrected chi connectivity index (χ2v) is 4.30. The zero-order valence-electron chi connectivity index (χ0n) is 9.21. The minimum Gasteiger partial charge on any atom is -0.478 e. The number of aromatic carboxylic acids is 1. The van der Waals surface area contributed by atoms with Crippen LogP contribution in [0.4, 0.5) is 0 Å². The second-order valence-electron chi connectivity index (χ2n) is 4.30. The first kappa shape index (κ1) is 10.1. The predicted octanol–water partition coefficient (Wildman–Crippen LogP) is 2.58. The van der Waals surface area contributed by atoms with Gasteiger partial charge in [0.05, 0.1) is 23.8 Å². The van der Waals surface area contributed by atoms with E-state index < -0.39 is 5.97 Å². The van der Waals surface area contributed by atoms with Crippen molar-refractivity contribution in [2.24, 2.45) is 0 Å². The summed E-state index contributed by atoms with van der Waals surface area (Å²) >= 11 is 0. The lowest BCUT2D eigenvalue weighted by molar-refractivity contribution is 0.0697. The smallest absolute Gasteiger partial charge is 0.335 e. The van der Waals surface area contributed by atoms with Gasteiger partial charge in [0.25, 0.3) is 0 Å². The van der Waals surface area contributed by atoms with Gasteiger partial charge in [-0.05, 0) is 30.5 Å². The number of hydrogen-bond acceptors (Lipinski definition) is 2. The first-order valence-corrected chi connectivity index (χ1v) is 5.61. The quantitative estimate of drug-likeness (QED) is 0.878. The fraction of sp³-hybridized carbons (Fsp3) is 0.231. The van der Waals surface area contributed by atoms with Crippen molar-refractivity contribution < 1.29 is 9.90 Å². The van der Waals surface area contributed by atoms with Crippen LogP contribution in [0.5, 0.6) is 0 Å². The van der Waals surface area contributed by atoms with Crippen LogP contribution in [0.25, 0.3) is 11.3 Å². The van der Waals surface area contributed by atoms with Crippen molar-refractivity contribution in [1.82, 2.24) is 9.55 Å². The van der Waals surface area contributed by atoms with Gasteiger partial charge >= 0.3 is 5.97 Å². The normalized spacial score (nSPS) is 14.8. The van der Waals surface area contributed by atoms with Crippen molar-refractivity contribution in [2.45, 2.75) is 18.9 Å². The van der Waals surface area contributed by atoms with Gasteiger partial charge in [-0.3, -0.25) is 0 Å². The van der Waals surface area contributed by atoms with Crippen molar-refractivity contribution in [2.75, 3.05) is 0 Å². The largest absolute Gasteiger partial charge is 0.478 e. The van der Waals surface area contributed by atoms with Gasteiger partial charge in [0.1, 0.15) is 0 Å². The van der Waals surface area contributed by atoms with Crippen molar-refractivity contribution in [3.05, 3.63) is 42.4 Å². The average molecular weight is 228 g/mol. The molecular formula is C13H12N2O2. The molecule has 1 saturated carbocycles. The molecule has 1 fully saturated rings. The Morgan fingerprint density at radius 2 is 2.00 bits per heavy atom. The lowest BCUT2D eigenvalue weighted by Crippen LogP contribution is -1.97. The third kappa shape index (κ3) is 1.82. The first-order valence-electron chi connectivity index (χ1n) is 5.61. The molecular weight excluding hydrogens is 216 g/mol. The summed E-state index contributed by atoms with van der Waals surface area (Å²) in [5, 5.41) is 8.84. The Kier molecular flexibility index (Phi) is 2.21. The molecule has 0 saturated heterocycles. The van der Waals surface area contributed by atoms with E-state index in [1.165, 1.54) is 12.8 Å². The molecule has 1 aliphatic carbocycles. The molecule has 86 valence electrons.